The number of nitrogens with zero attached hydrogens (tertiary/aromatic N) is 3. The molecule has 34 heavy (non-hydrogen) atoms. The fourth-order valence-electron chi connectivity index (χ4n) is 3.92. The monoisotopic (exact) mass is 457 g/mol. The number of nitro benzene ring substituents is 1. The van der Waals surface area contributed by atoms with Gasteiger partial charge in [-0.25, -0.2) is 5.43 Å². The minimum absolute atomic E-state index is 0.0238. The van der Waals surface area contributed by atoms with E-state index in [1.807, 2.05) is 30.3 Å². The van der Waals surface area contributed by atoms with Crippen molar-refractivity contribution in [3.8, 4) is 0 Å². The number of hydrogen-bond donors (Lipinski definition) is 2. The van der Waals surface area contributed by atoms with E-state index in [-0.39, 0.29) is 23.6 Å². The van der Waals surface area contributed by atoms with Gasteiger partial charge in [0.1, 0.15) is 0 Å². The van der Waals surface area contributed by atoms with Crippen molar-refractivity contribution in [1.82, 2.24) is 9.99 Å². The summed E-state index contributed by atoms with van der Waals surface area (Å²) in [7, 11) is 0. The lowest BCUT2D eigenvalue weighted by Gasteiger charge is -2.07. The SMILES string of the molecule is CCn1c2ccccc2c2cc(NC(=O)C/C(C)=N\NC(=O)c3cccc([N+](=O)[O-])c3)ccc21. The molecule has 172 valence electrons. The topological polar surface area (TPSA) is 119 Å². The Morgan fingerprint density at radius 2 is 1.76 bits per heavy atom. The van der Waals surface area contributed by atoms with Gasteiger partial charge in [-0.3, -0.25) is 19.7 Å². The van der Waals surface area contributed by atoms with Gasteiger partial charge in [-0.05, 0) is 44.2 Å². The van der Waals surface area contributed by atoms with E-state index in [0.717, 1.165) is 28.4 Å². The van der Waals surface area contributed by atoms with Gasteiger partial charge >= 0.3 is 0 Å². The standard InChI is InChI=1S/C25H23N5O4/c1-3-29-22-10-5-4-9-20(22)21-15-18(11-12-23(21)29)26-24(31)13-16(2)27-28-25(32)17-7-6-8-19(14-17)30(33)34/h4-12,14-15H,3,13H2,1-2H3,(H,26,31)(H,28,32)/b27-16-. The minimum atomic E-state index is -0.596. The summed E-state index contributed by atoms with van der Waals surface area (Å²) < 4.78 is 2.23. The van der Waals surface area contributed by atoms with Crippen LogP contribution >= 0.6 is 0 Å². The van der Waals surface area contributed by atoms with Gasteiger partial charge in [-0.1, -0.05) is 24.3 Å². The number of benzene rings is 3. The van der Waals surface area contributed by atoms with Gasteiger partial charge in [0.2, 0.25) is 5.91 Å². The fraction of sp³-hybridized carbons (Fsp3) is 0.160. The first-order chi connectivity index (χ1) is 16.4. The van der Waals surface area contributed by atoms with Crippen LogP contribution in [0.15, 0.2) is 71.8 Å². The smallest absolute Gasteiger partial charge is 0.271 e. The first kappa shape index (κ1) is 22.7. The Morgan fingerprint density at radius 3 is 2.53 bits per heavy atom. The van der Waals surface area contributed by atoms with Crippen LogP contribution in [0.5, 0.6) is 0 Å². The molecule has 2 amide bonds. The first-order valence-electron chi connectivity index (χ1n) is 10.8. The largest absolute Gasteiger partial charge is 0.341 e. The molecular formula is C25H23N5O4. The number of aryl methyl sites for hydroxylation is 1. The van der Waals surface area contributed by atoms with Gasteiger partial charge in [0.25, 0.3) is 11.6 Å². The number of rotatable bonds is 7. The highest BCUT2D eigenvalue weighted by atomic mass is 16.6. The molecule has 4 aromatic rings. The number of hydrogen-bond acceptors (Lipinski definition) is 5. The van der Waals surface area contributed by atoms with Gasteiger partial charge in [-0.2, -0.15) is 5.10 Å². The molecule has 0 aliphatic rings. The number of nitrogens with one attached hydrogen (secondary N) is 2. The van der Waals surface area contributed by atoms with Crippen molar-refractivity contribution in [1.29, 1.82) is 0 Å². The van der Waals surface area contributed by atoms with Crippen LogP contribution < -0.4 is 10.7 Å². The van der Waals surface area contributed by atoms with Gasteiger partial charge in [-0.15, -0.1) is 0 Å². The molecule has 0 radical (unpaired) electrons. The molecule has 1 heterocycles. The molecule has 0 aliphatic heterocycles. The summed E-state index contributed by atoms with van der Waals surface area (Å²) >= 11 is 0. The number of aromatic nitrogens is 1. The summed E-state index contributed by atoms with van der Waals surface area (Å²) in [6, 6.07) is 19.3. The van der Waals surface area contributed by atoms with Crippen LogP contribution in [0, 0.1) is 10.1 Å². The zero-order valence-electron chi connectivity index (χ0n) is 18.7. The molecule has 0 unspecified atom stereocenters. The van der Waals surface area contributed by atoms with E-state index >= 15 is 0 Å². The second-order valence-electron chi connectivity index (χ2n) is 7.81. The third-order valence-corrected chi connectivity index (χ3v) is 5.46. The molecule has 9 heteroatoms. The van der Waals surface area contributed by atoms with Crippen LogP contribution in [-0.2, 0) is 11.3 Å². The minimum Gasteiger partial charge on any atom is -0.341 e. The Hall–Kier alpha value is -4.53. The third-order valence-electron chi connectivity index (χ3n) is 5.46. The number of carbonyl (C=O) groups excluding carboxylic acids is 2. The van der Waals surface area contributed by atoms with Crippen molar-refractivity contribution in [2.75, 3.05) is 5.32 Å². The lowest BCUT2D eigenvalue weighted by Crippen LogP contribution is -2.21. The van der Waals surface area contributed by atoms with Crippen LogP contribution in [0.3, 0.4) is 0 Å². The highest BCUT2D eigenvalue weighted by Gasteiger charge is 2.13. The van der Waals surface area contributed by atoms with E-state index in [0.29, 0.717) is 11.4 Å². The van der Waals surface area contributed by atoms with Crippen LogP contribution in [0.2, 0.25) is 0 Å². The van der Waals surface area contributed by atoms with Gasteiger partial charge in [0.05, 0.1) is 11.3 Å². The van der Waals surface area contributed by atoms with E-state index in [1.165, 1.54) is 24.3 Å². The molecule has 0 spiro atoms. The number of anilines is 1. The predicted molar refractivity (Wildman–Crippen MR) is 132 cm³/mol. The van der Waals surface area contributed by atoms with Gasteiger partial charge < -0.3 is 9.88 Å². The number of carbonyl (C=O) groups is 2. The summed E-state index contributed by atoms with van der Waals surface area (Å²) in [6.45, 7) is 4.56. The summed E-state index contributed by atoms with van der Waals surface area (Å²) in [4.78, 5) is 35.0. The molecule has 1 aromatic heterocycles. The molecule has 9 nitrogen and oxygen atoms in total. The van der Waals surface area contributed by atoms with Crippen LogP contribution in [0.25, 0.3) is 21.8 Å². The van der Waals surface area contributed by atoms with Crippen LogP contribution in [0.4, 0.5) is 11.4 Å². The molecule has 0 saturated heterocycles. The van der Waals surface area contributed by atoms with Gasteiger partial charge in [0, 0.05) is 57.4 Å². The molecule has 0 fully saturated rings. The summed E-state index contributed by atoms with van der Waals surface area (Å²) in [6.07, 6.45) is -0.0238. The molecule has 0 aliphatic carbocycles. The Morgan fingerprint density at radius 1 is 1.00 bits per heavy atom. The zero-order valence-corrected chi connectivity index (χ0v) is 18.7. The maximum atomic E-state index is 12.5. The quantitative estimate of drug-likeness (QED) is 0.234. The summed E-state index contributed by atoms with van der Waals surface area (Å²) in [5, 5.41) is 19.9. The predicted octanol–water partition coefficient (Wildman–Crippen LogP) is 4.86. The van der Waals surface area contributed by atoms with E-state index < -0.39 is 10.8 Å². The fourth-order valence-corrected chi connectivity index (χ4v) is 3.92. The van der Waals surface area contributed by atoms with Crippen LogP contribution in [0.1, 0.15) is 30.6 Å². The molecule has 0 atom stereocenters. The van der Waals surface area contributed by atoms with Crippen molar-refractivity contribution in [2.24, 2.45) is 5.10 Å². The van der Waals surface area contributed by atoms with Crippen LogP contribution in [-0.4, -0.2) is 27.0 Å². The molecule has 2 N–H and O–H groups in total. The molecule has 0 bridgehead atoms. The highest BCUT2D eigenvalue weighted by molar-refractivity contribution is 6.11. The Labute approximate surface area is 195 Å². The van der Waals surface area contributed by atoms with E-state index in [1.54, 1.807) is 6.92 Å². The molecular weight excluding hydrogens is 434 g/mol. The summed E-state index contributed by atoms with van der Waals surface area (Å²) in [5.74, 6) is -0.870. The number of nitro groups is 1. The lowest BCUT2D eigenvalue weighted by atomic mass is 10.1. The number of non-ortho nitro benzene ring substituents is 1. The highest BCUT2D eigenvalue weighted by Crippen LogP contribution is 2.31. The number of fused-ring (bicyclic) bond motifs is 3. The second-order valence-corrected chi connectivity index (χ2v) is 7.81. The Bertz CT molecular complexity index is 1450. The van der Waals surface area contributed by atoms with E-state index in [9.17, 15) is 19.7 Å². The average molecular weight is 457 g/mol. The second kappa shape index (κ2) is 9.53. The number of para-hydroxylation sites is 1. The number of hydrazone groups is 1. The third kappa shape index (κ3) is 4.63. The molecule has 0 saturated carbocycles. The van der Waals surface area contributed by atoms with Crippen molar-refractivity contribution in [3.05, 3.63) is 82.4 Å². The van der Waals surface area contributed by atoms with E-state index in [4.69, 9.17) is 0 Å². The van der Waals surface area contributed by atoms with Crippen molar-refractivity contribution >= 4 is 50.7 Å². The number of amides is 2. The Kier molecular flexibility index (Phi) is 6.35. The van der Waals surface area contributed by atoms with Crippen molar-refractivity contribution < 1.29 is 14.5 Å². The Balaban J connectivity index is 1.43. The molecule has 4 rings (SSSR count). The average Bonchev–Trinajstić information content (AvgIpc) is 3.15. The molecule has 3 aromatic carbocycles. The van der Waals surface area contributed by atoms with E-state index in [2.05, 4.69) is 39.5 Å². The normalized spacial score (nSPS) is 11.5. The zero-order chi connectivity index (χ0) is 24.2. The van der Waals surface area contributed by atoms with Crippen molar-refractivity contribution in [3.63, 3.8) is 0 Å². The lowest BCUT2D eigenvalue weighted by molar-refractivity contribution is -0.384. The maximum absolute atomic E-state index is 12.5. The first-order valence-corrected chi connectivity index (χ1v) is 10.8. The summed E-state index contributed by atoms with van der Waals surface area (Å²) in [5.41, 5.74) is 5.55. The van der Waals surface area contributed by atoms with Crippen molar-refractivity contribution in [2.45, 2.75) is 26.8 Å². The maximum Gasteiger partial charge on any atom is 0.271 e. The van der Waals surface area contributed by atoms with Gasteiger partial charge in [0.15, 0.2) is 0 Å².